The number of carbonyl (C=O) groups is 2. The van der Waals surface area contributed by atoms with Crippen LogP contribution in [0.25, 0.3) is 11.3 Å². The maximum absolute atomic E-state index is 13.9. The Hall–Kier alpha value is -4.35. The lowest BCUT2D eigenvalue weighted by Crippen LogP contribution is -2.50. The molecule has 0 bridgehead atoms. The SMILES string of the molecule is COc1ccc(CN2Cc3nc(N[C@H]4CCCC[C@H]4NC(=O)OC(C)(C)C)nc(-c4cnn(C)c4C)c3C2=O)c(OC)c1. The van der Waals surface area contributed by atoms with E-state index in [9.17, 15) is 9.59 Å². The minimum atomic E-state index is -0.588. The number of nitrogens with zero attached hydrogens (tertiary/aromatic N) is 5. The highest BCUT2D eigenvalue weighted by molar-refractivity contribution is 6.03. The van der Waals surface area contributed by atoms with Crippen molar-refractivity contribution in [2.24, 2.45) is 7.05 Å². The highest BCUT2D eigenvalue weighted by atomic mass is 16.6. The van der Waals surface area contributed by atoms with Crippen molar-refractivity contribution in [3.63, 3.8) is 0 Å². The van der Waals surface area contributed by atoms with Crippen molar-refractivity contribution in [1.82, 2.24) is 30.0 Å². The van der Waals surface area contributed by atoms with Gasteiger partial charge in [-0.2, -0.15) is 5.10 Å². The second kappa shape index (κ2) is 12.1. The zero-order valence-electron chi connectivity index (χ0n) is 26.0. The molecule has 1 saturated carbocycles. The standard InChI is InChI=1S/C31H41N7O5/c1-18-21(15-32-37(18)5)27-26-24(17-38(28(26)39)16-19-12-13-20(41-6)14-25(19)42-7)34-29(36-27)33-22-10-8-9-11-23(22)35-30(40)43-31(2,3)4/h12-15,22-23H,8-11,16-17H2,1-7H3,(H,35,40)(H,33,34,36)/t22-,23+/m0/s1. The van der Waals surface area contributed by atoms with Gasteiger partial charge in [-0.3, -0.25) is 9.48 Å². The molecule has 1 fully saturated rings. The summed E-state index contributed by atoms with van der Waals surface area (Å²) in [6.07, 6.45) is 4.96. The van der Waals surface area contributed by atoms with Crippen LogP contribution in [0.3, 0.4) is 0 Å². The van der Waals surface area contributed by atoms with Gasteiger partial charge in [0, 0.05) is 36.0 Å². The number of amides is 2. The Kier molecular flexibility index (Phi) is 8.48. The molecular formula is C31H41N7O5. The van der Waals surface area contributed by atoms with Crippen LogP contribution >= 0.6 is 0 Å². The molecule has 1 aliphatic carbocycles. The van der Waals surface area contributed by atoms with E-state index in [-0.39, 0.29) is 18.0 Å². The van der Waals surface area contributed by atoms with Gasteiger partial charge >= 0.3 is 6.09 Å². The third-order valence-electron chi connectivity index (χ3n) is 7.95. The van der Waals surface area contributed by atoms with Gasteiger partial charge in [0.15, 0.2) is 0 Å². The Bertz CT molecular complexity index is 1510. The molecule has 3 heterocycles. The lowest BCUT2D eigenvalue weighted by Gasteiger charge is -2.33. The van der Waals surface area contributed by atoms with E-state index in [0.29, 0.717) is 47.5 Å². The fraction of sp³-hybridized carbons (Fsp3) is 0.516. The van der Waals surface area contributed by atoms with Gasteiger partial charge in [-0.05, 0) is 52.7 Å². The second-order valence-electron chi connectivity index (χ2n) is 12.1. The topological polar surface area (TPSA) is 133 Å². The Morgan fingerprint density at radius 3 is 2.49 bits per heavy atom. The molecule has 2 atom stereocenters. The zero-order chi connectivity index (χ0) is 30.9. The predicted molar refractivity (Wildman–Crippen MR) is 161 cm³/mol. The number of hydrogen-bond donors (Lipinski definition) is 2. The molecule has 0 radical (unpaired) electrons. The number of carbonyl (C=O) groups excluding carboxylic acids is 2. The number of aromatic nitrogens is 4. The number of methoxy groups -OCH3 is 2. The maximum atomic E-state index is 13.9. The molecule has 3 aromatic rings. The third kappa shape index (κ3) is 6.52. The lowest BCUT2D eigenvalue weighted by atomic mass is 9.90. The number of nitrogens with one attached hydrogen (secondary N) is 2. The van der Waals surface area contributed by atoms with Crippen LogP contribution in [-0.2, 0) is 24.9 Å². The van der Waals surface area contributed by atoms with E-state index < -0.39 is 11.7 Å². The van der Waals surface area contributed by atoms with Crippen molar-refractivity contribution < 1.29 is 23.8 Å². The number of fused-ring (bicyclic) bond motifs is 1. The first-order valence-corrected chi connectivity index (χ1v) is 14.6. The highest BCUT2D eigenvalue weighted by Crippen LogP contribution is 2.35. The summed E-state index contributed by atoms with van der Waals surface area (Å²) in [5, 5.41) is 10.9. The summed E-state index contributed by atoms with van der Waals surface area (Å²) < 4.78 is 18.2. The van der Waals surface area contributed by atoms with E-state index in [1.54, 1.807) is 36.1 Å². The average Bonchev–Trinajstić information content (AvgIpc) is 3.46. The number of aryl methyl sites for hydroxylation is 1. The van der Waals surface area contributed by atoms with Crippen molar-refractivity contribution in [2.75, 3.05) is 19.5 Å². The summed E-state index contributed by atoms with van der Waals surface area (Å²) in [4.78, 5) is 38.0. The first-order valence-electron chi connectivity index (χ1n) is 14.6. The van der Waals surface area contributed by atoms with Crippen molar-refractivity contribution >= 4 is 17.9 Å². The van der Waals surface area contributed by atoms with Crippen LogP contribution < -0.4 is 20.1 Å². The molecule has 0 unspecified atom stereocenters. The second-order valence-corrected chi connectivity index (χ2v) is 12.1. The Balaban J connectivity index is 1.46. The molecule has 12 heteroatoms. The number of alkyl carbamates (subject to hydrolysis) is 1. The molecule has 2 N–H and O–H groups in total. The molecule has 0 saturated heterocycles. The first-order chi connectivity index (χ1) is 20.5. The molecule has 0 spiro atoms. The maximum Gasteiger partial charge on any atom is 0.407 e. The van der Waals surface area contributed by atoms with Crippen molar-refractivity contribution in [1.29, 1.82) is 0 Å². The molecule has 230 valence electrons. The minimum absolute atomic E-state index is 0.0982. The summed E-state index contributed by atoms with van der Waals surface area (Å²) >= 11 is 0. The van der Waals surface area contributed by atoms with Gasteiger partial charge in [0.05, 0.1) is 56.5 Å². The van der Waals surface area contributed by atoms with Gasteiger partial charge < -0.3 is 29.7 Å². The zero-order valence-corrected chi connectivity index (χ0v) is 26.0. The monoisotopic (exact) mass is 591 g/mol. The number of rotatable bonds is 8. The molecule has 12 nitrogen and oxygen atoms in total. The van der Waals surface area contributed by atoms with Crippen LogP contribution in [0.2, 0.25) is 0 Å². The summed E-state index contributed by atoms with van der Waals surface area (Å²) in [6, 6.07) is 5.31. The van der Waals surface area contributed by atoms with Gasteiger partial charge in [0.1, 0.15) is 17.1 Å². The van der Waals surface area contributed by atoms with E-state index >= 15 is 0 Å². The molecule has 2 amide bonds. The molecule has 2 aromatic heterocycles. The van der Waals surface area contributed by atoms with Crippen molar-refractivity contribution in [3.05, 3.63) is 46.9 Å². The van der Waals surface area contributed by atoms with Gasteiger partial charge in [-0.15, -0.1) is 0 Å². The van der Waals surface area contributed by atoms with E-state index in [1.807, 2.05) is 46.9 Å². The number of benzene rings is 1. The molecule has 1 aliphatic heterocycles. The van der Waals surface area contributed by atoms with Crippen LogP contribution in [0.5, 0.6) is 11.5 Å². The molecule has 5 rings (SSSR count). The molecular weight excluding hydrogens is 550 g/mol. The first kappa shape index (κ1) is 30.1. The van der Waals surface area contributed by atoms with Gasteiger partial charge in [0.25, 0.3) is 5.91 Å². The fourth-order valence-electron chi connectivity index (χ4n) is 5.66. The van der Waals surface area contributed by atoms with Gasteiger partial charge in [-0.1, -0.05) is 12.8 Å². The van der Waals surface area contributed by atoms with Gasteiger partial charge in [-0.25, -0.2) is 14.8 Å². The van der Waals surface area contributed by atoms with Crippen molar-refractivity contribution in [3.8, 4) is 22.8 Å². The molecule has 1 aromatic carbocycles. The largest absolute Gasteiger partial charge is 0.497 e. The molecule has 43 heavy (non-hydrogen) atoms. The summed E-state index contributed by atoms with van der Waals surface area (Å²) in [6.45, 7) is 8.14. The normalized spacial score (nSPS) is 18.3. The number of anilines is 1. The molecule has 2 aliphatic rings. The fourth-order valence-corrected chi connectivity index (χ4v) is 5.66. The summed E-state index contributed by atoms with van der Waals surface area (Å²) in [5.41, 5.74) is 3.58. The average molecular weight is 592 g/mol. The van der Waals surface area contributed by atoms with Gasteiger partial charge in [0.2, 0.25) is 5.95 Å². The third-order valence-corrected chi connectivity index (χ3v) is 7.95. The van der Waals surface area contributed by atoms with Crippen LogP contribution in [0.4, 0.5) is 10.7 Å². The smallest absolute Gasteiger partial charge is 0.407 e. The van der Waals surface area contributed by atoms with Crippen molar-refractivity contribution in [2.45, 2.75) is 84.2 Å². The van der Waals surface area contributed by atoms with Crippen LogP contribution in [0, 0.1) is 6.92 Å². The quantitative estimate of drug-likeness (QED) is 0.385. The highest BCUT2D eigenvalue weighted by Gasteiger charge is 2.36. The van der Waals surface area contributed by atoms with Crippen LogP contribution in [-0.4, -0.2) is 68.6 Å². The Labute approximate surface area is 252 Å². The van der Waals surface area contributed by atoms with E-state index in [0.717, 1.165) is 42.5 Å². The van der Waals surface area contributed by atoms with Crippen LogP contribution in [0.1, 0.15) is 73.8 Å². The number of ether oxygens (including phenoxy) is 3. The Morgan fingerprint density at radius 2 is 1.84 bits per heavy atom. The van der Waals surface area contributed by atoms with Crippen LogP contribution in [0.15, 0.2) is 24.4 Å². The summed E-state index contributed by atoms with van der Waals surface area (Å²) in [5.74, 6) is 1.58. The Morgan fingerprint density at radius 1 is 1.09 bits per heavy atom. The number of hydrogen-bond acceptors (Lipinski definition) is 9. The lowest BCUT2D eigenvalue weighted by molar-refractivity contribution is 0.0488. The van der Waals surface area contributed by atoms with E-state index in [4.69, 9.17) is 24.2 Å². The van der Waals surface area contributed by atoms with E-state index in [1.165, 1.54) is 0 Å². The van der Waals surface area contributed by atoms with E-state index in [2.05, 4.69) is 15.7 Å². The minimum Gasteiger partial charge on any atom is -0.497 e. The predicted octanol–water partition coefficient (Wildman–Crippen LogP) is 4.61. The summed E-state index contributed by atoms with van der Waals surface area (Å²) in [7, 11) is 5.06.